The second kappa shape index (κ2) is 3.72. The van der Waals surface area contributed by atoms with Crippen molar-refractivity contribution in [3.05, 3.63) is 0 Å². The fraction of sp³-hybridized carbons (Fsp3) is 0.875. The van der Waals surface area contributed by atoms with Gasteiger partial charge in [-0.25, -0.2) is 0 Å². The van der Waals surface area contributed by atoms with Crippen molar-refractivity contribution in [2.45, 2.75) is 33.7 Å². The van der Waals surface area contributed by atoms with E-state index in [9.17, 15) is 4.79 Å². The van der Waals surface area contributed by atoms with E-state index in [0.717, 1.165) is 0 Å². The second-order valence-corrected chi connectivity index (χ2v) is 3.81. The molecule has 66 valence electrons. The molecule has 3 heteroatoms. The minimum absolute atomic E-state index is 0.0121. The zero-order valence-corrected chi connectivity index (χ0v) is 7.64. The first kappa shape index (κ1) is 10.4. The van der Waals surface area contributed by atoms with Crippen molar-refractivity contribution < 1.29 is 9.90 Å². The van der Waals surface area contributed by atoms with Crippen molar-refractivity contribution in [2.24, 2.45) is 5.41 Å². The van der Waals surface area contributed by atoms with E-state index in [0.29, 0.717) is 0 Å². The lowest BCUT2D eigenvalue weighted by Crippen LogP contribution is -2.41. The van der Waals surface area contributed by atoms with Gasteiger partial charge in [-0.2, -0.15) is 0 Å². The lowest BCUT2D eigenvalue weighted by atomic mass is 9.95. The van der Waals surface area contributed by atoms with Gasteiger partial charge in [0.1, 0.15) is 0 Å². The Balaban J connectivity index is 3.88. The number of hydrogen-bond acceptors (Lipinski definition) is 2. The smallest absolute Gasteiger partial charge is 0.225 e. The van der Waals surface area contributed by atoms with Crippen molar-refractivity contribution in [1.82, 2.24) is 5.32 Å². The van der Waals surface area contributed by atoms with E-state index < -0.39 is 0 Å². The van der Waals surface area contributed by atoms with Crippen molar-refractivity contribution in [3.8, 4) is 0 Å². The van der Waals surface area contributed by atoms with Crippen LogP contribution in [0.2, 0.25) is 0 Å². The molecule has 3 nitrogen and oxygen atoms in total. The Hall–Kier alpha value is -0.570. The van der Waals surface area contributed by atoms with Crippen molar-refractivity contribution in [1.29, 1.82) is 0 Å². The highest BCUT2D eigenvalue weighted by molar-refractivity contribution is 5.81. The summed E-state index contributed by atoms with van der Waals surface area (Å²) in [6.07, 6.45) is 0. The Morgan fingerprint density at radius 1 is 1.55 bits per heavy atom. The predicted octanol–water partition coefficient (Wildman–Crippen LogP) is 0.529. The summed E-state index contributed by atoms with van der Waals surface area (Å²) >= 11 is 0. The summed E-state index contributed by atoms with van der Waals surface area (Å²) in [5.74, 6) is -0.0287. The first-order valence-electron chi connectivity index (χ1n) is 3.79. The molecule has 0 saturated carbocycles. The highest BCUT2D eigenvalue weighted by Crippen LogP contribution is 2.12. The van der Waals surface area contributed by atoms with Gasteiger partial charge in [-0.3, -0.25) is 4.79 Å². The van der Waals surface area contributed by atoms with Crippen LogP contribution in [0.15, 0.2) is 0 Å². The molecule has 1 amide bonds. The number of hydrogen-bond donors (Lipinski definition) is 2. The topological polar surface area (TPSA) is 49.3 Å². The Bertz CT molecular complexity index is 138. The highest BCUT2D eigenvalue weighted by Gasteiger charge is 2.21. The number of carbonyl (C=O) groups excluding carboxylic acids is 1. The van der Waals surface area contributed by atoms with Crippen molar-refractivity contribution in [3.63, 3.8) is 0 Å². The number of aliphatic hydroxyl groups is 1. The average Bonchev–Trinajstić information content (AvgIpc) is 1.85. The largest absolute Gasteiger partial charge is 0.394 e. The molecule has 11 heavy (non-hydrogen) atoms. The van der Waals surface area contributed by atoms with E-state index in [1.807, 2.05) is 20.8 Å². The summed E-state index contributed by atoms with van der Waals surface area (Å²) < 4.78 is 0. The molecule has 0 aromatic carbocycles. The molecule has 1 atom stereocenters. The maximum atomic E-state index is 11.2. The molecular formula is C8H17NO2. The maximum Gasteiger partial charge on any atom is 0.225 e. The standard InChI is InChI=1S/C8H17NO2/c1-6(5-10)9-7(11)8(2,3)4/h6,10H,5H2,1-4H3,(H,9,11)/t6-/m0/s1. The van der Waals surface area contributed by atoms with Crippen LogP contribution in [-0.4, -0.2) is 23.7 Å². The molecule has 2 N–H and O–H groups in total. The van der Waals surface area contributed by atoms with Crippen LogP contribution in [0.3, 0.4) is 0 Å². The lowest BCUT2D eigenvalue weighted by Gasteiger charge is -2.20. The summed E-state index contributed by atoms with van der Waals surface area (Å²) in [7, 11) is 0. The molecule has 0 rings (SSSR count). The molecule has 0 bridgehead atoms. The van der Waals surface area contributed by atoms with Gasteiger partial charge in [-0.15, -0.1) is 0 Å². The van der Waals surface area contributed by atoms with Gasteiger partial charge < -0.3 is 10.4 Å². The van der Waals surface area contributed by atoms with Gasteiger partial charge in [-0.1, -0.05) is 20.8 Å². The van der Waals surface area contributed by atoms with Gasteiger partial charge in [0.25, 0.3) is 0 Å². The fourth-order valence-electron chi connectivity index (χ4n) is 0.486. The summed E-state index contributed by atoms with van der Waals surface area (Å²) in [6, 6.07) is -0.151. The quantitative estimate of drug-likeness (QED) is 0.617. The molecular weight excluding hydrogens is 142 g/mol. The minimum Gasteiger partial charge on any atom is -0.394 e. The first-order valence-corrected chi connectivity index (χ1v) is 3.79. The molecule has 0 unspecified atom stereocenters. The van der Waals surface area contributed by atoms with Crippen LogP contribution in [0.4, 0.5) is 0 Å². The van der Waals surface area contributed by atoms with Crippen LogP contribution in [0, 0.1) is 5.41 Å². The minimum atomic E-state index is -0.372. The van der Waals surface area contributed by atoms with Gasteiger partial charge in [-0.05, 0) is 6.92 Å². The zero-order chi connectivity index (χ0) is 9.07. The summed E-state index contributed by atoms with van der Waals surface area (Å²) in [5.41, 5.74) is -0.372. The van der Waals surface area contributed by atoms with E-state index in [1.165, 1.54) is 0 Å². The molecule has 0 spiro atoms. The van der Waals surface area contributed by atoms with Crippen molar-refractivity contribution in [2.75, 3.05) is 6.61 Å². The number of rotatable bonds is 2. The Kier molecular flexibility index (Phi) is 3.52. The normalized spacial score (nSPS) is 14.3. The summed E-state index contributed by atoms with van der Waals surface area (Å²) in [4.78, 5) is 11.2. The molecule has 0 saturated heterocycles. The molecule has 0 aromatic heterocycles. The Morgan fingerprint density at radius 3 is 2.27 bits per heavy atom. The third-order valence-corrected chi connectivity index (χ3v) is 1.33. The lowest BCUT2D eigenvalue weighted by molar-refractivity contribution is -0.129. The molecule has 0 aliphatic heterocycles. The Morgan fingerprint density at radius 2 is 2.00 bits per heavy atom. The second-order valence-electron chi connectivity index (χ2n) is 3.81. The van der Waals surface area contributed by atoms with E-state index in [4.69, 9.17) is 5.11 Å². The van der Waals surface area contributed by atoms with E-state index in [-0.39, 0.29) is 24.0 Å². The highest BCUT2D eigenvalue weighted by atomic mass is 16.3. The maximum absolute atomic E-state index is 11.2. The summed E-state index contributed by atoms with van der Waals surface area (Å²) in [5, 5.41) is 11.3. The molecule has 0 aliphatic carbocycles. The Labute approximate surface area is 67.8 Å². The molecule has 0 aliphatic rings. The SMILES string of the molecule is C[C@@H](CO)NC(=O)C(C)(C)C. The molecule has 0 aromatic rings. The van der Waals surface area contributed by atoms with Gasteiger partial charge in [0, 0.05) is 11.5 Å². The zero-order valence-electron chi connectivity index (χ0n) is 7.64. The van der Waals surface area contributed by atoms with Gasteiger partial charge in [0.2, 0.25) is 5.91 Å². The van der Waals surface area contributed by atoms with Gasteiger partial charge >= 0.3 is 0 Å². The predicted molar refractivity (Wildman–Crippen MR) is 44.1 cm³/mol. The molecule has 0 heterocycles. The number of nitrogens with one attached hydrogen (secondary N) is 1. The fourth-order valence-corrected chi connectivity index (χ4v) is 0.486. The van der Waals surface area contributed by atoms with E-state index in [2.05, 4.69) is 5.32 Å². The van der Waals surface area contributed by atoms with Crippen LogP contribution in [0.25, 0.3) is 0 Å². The first-order chi connectivity index (χ1) is 4.88. The van der Waals surface area contributed by atoms with Crippen LogP contribution in [0.5, 0.6) is 0 Å². The van der Waals surface area contributed by atoms with Crippen LogP contribution in [-0.2, 0) is 4.79 Å². The third kappa shape index (κ3) is 3.98. The average molecular weight is 159 g/mol. The summed E-state index contributed by atoms with van der Waals surface area (Å²) in [6.45, 7) is 7.27. The van der Waals surface area contributed by atoms with Crippen LogP contribution in [0.1, 0.15) is 27.7 Å². The third-order valence-electron chi connectivity index (χ3n) is 1.33. The van der Waals surface area contributed by atoms with Crippen LogP contribution >= 0.6 is 0 Å². The number of amides is 1. The molecule has 0 fully saturated rings. The number of aliphatic hydroxyl groups excluding tert-OH is 1. The van der Waals surface area contributed by atoms with Crippen LogP contribution < -0.4 is 5.32 Å². The molecule has 0 radical (unpaired) electrons. The van der Waals surface area contributed by atoms with E-state index >= 15 is 0 Å². The van der Waals surface area contributed by atoms with Gasteiger partial charge in [0.05, 0.1) is 6.61 Å². The van der Waals surface area contributed by atoms with Gasteiger partial charge in [0.15, 0.2) is 0 Å². The van der Waals surface area contributed by atoms with Crippen molar-refractivity contribution >= 4 is 5.91 Å². The monoisotopic (exact) mass is 159 g/mol. The van der Waals surface area contributed by atoms with E-state index in [1.54, 1.807) is 6.92 Å². The number of carbonyl (C=O) groups is 1.